The van der Waals surface area contributed by atoms with Gasteiger partial charge in [0, 0.05) is 0 Å². The lowest BCUT2D eigenvalue weighted by atomic mass is 10.1. The van der Waals surface area contributed by atoms with Gasteiger partial charge in [-0.2, -0.15) is 4.98 Å². The number of phenols is 1. The number of carbonyl (C=O) groups excluding carboxylic acids is 1. The van der Waals surface area contributed by atoms with Gasteiger partial charge in [-0.05, 0) is 12.1 Å². The fourth-order valence-corrected chi connectivity index (χ4v) is 1.26. The van der Waals surface area contributed by atoms with Crippen LogP contribution in [-0.4, -0.2) is 26.6 Å². The van der Waals surface area contributed by atoms with Crippen molar-refractivity contribution >= 4 is 6.29 Å². The predicted octanol–water partition coefficient (Wildman–Crippen LogP) is 0.747. The van der Waals surface area contributed by atoms with Gasteiger partial charge < -0.3 is 14.7 Å². The number of hydrogen-bond acceptors (Lipinski definition) is 6. The zero-order valence-electron chi connectivity index (χ0n) is 8.12. The summed E-state index contributed by atoms with van der Waals surface area (Å²) < 4.78 is 4.82. The highest BCUT2D eigenvalue weighted by atomic mass is 16.5. The maximum atomic E-state index is 10.6. The molecule has 0 saturated carbocycles. The summed E-state index contributed by atoms with van der Waals surface area (Å²) in [4.78, 5) is 14.4. The van der Waals surface area contributed by atoms with Gasteiger partial charge in [-0.3, -0.25) is 4.79 Å². The quantitative estimate of drug-likeness (QED) is 0.741. The molecule has 6 nitrogen and oxygen atoms in total. The Bertz CT molecular complexity index is 521. The molecule has 1 heterocycles. The molecule has 2 rings (SSSR count). The van der Waals surface area contributed by atoms with Crippen molar-refractivity contribution in [3.63, 3.8) is 0 Å². The Labute approximate surface area is 90.2 Å². The predicted molar refractivity (Wildman–Crippen MR) is 52.7 cm³/mol. The minimum Gasteiger partial charge on any atom is -0.506 e. The minimum atomic E-state index is -0.350. The third kappa shape index (κ3) is 1.66. The van der Waals surface area contributed by atoms with Crippen molar-refractivity contribution in [3.8, 4) is 17.2 Å². The number of phenolic OH excluding ortho intramolecular Hbond substituents is 1. The number of aldehydes is 1. The molecule has 1 aromatic carbocycles. The van der Waals surface area contributed by atoms with Crippen LogP contribution in [0.15, 0.2) is 22.7 Å². The van der Waals surface area contributed by atoms with Crippen LogP contribution in [0.4, 0.5) is 0 Å². The number of rotatable bonds is 3. The number of nitrogens with zero attached hydrogens (tertiary/aromatic N) is 2. The zero-order valence-corrected chi connectivity index (χ0v) is 8.12. The van der Waals surface area contributed by atoms with E-state index in [1.165, 1.54) is 12.1 Å². The zero-order chi connectivity index (χ0) is 11.5. The monoisotopic (exact) mass is 220 g/mol. The van der Waals surface area contributed by atoms with E-state index in [1.807, 2.05) is 0 Å². The molecule has 0 amide bonds. The van der Waals surface area contributed by atoms with E-state index in [2.05, 4.69) is 10.1 Å². The highest BCUT2D eigenvalue weighted by molar-refractivity contribution is 5.84. The van der Waals surface area contributed by atoms with E-state index in [-0.39, 0.29) is 35.2 Å². The summed E-state index contributed by atoms with van der Waals surface area (Å²) in [6, 6.07) is 4.59. The number of para-hydroxylation sites is 1. The third-order valence-corrected chi connectivity index (χ3v) is 2.03. The number of aromatic nitrogens is 2. The van der Waals surface area contributed by atoms with Gasteiger partial charge in [0.25, 0.3) is 5.89 Å². The highest BCUT2D eigenvalue weighted by Gasteiger charge is 2.14. The molecule has 2 aromatic rings. The van der Waals surface area contributed by atoms with Gasteiger partial charge in [-0.1, -0.05) is 11.2 Å². The van der Waals surface area contributed by atoms with E-state index in [0.717, 1.165) is 0 Å². The van der Waals surface area contributed by atoms with Gasteiger partial charge in [-0.25, -0.2) is 0 Å². The van der Waals surface area contributed by atoms with Crippen LogP contribution in [0.25, 0.3) is 11.5 Å². The highest BCUT2D eigenvalue weighted by Crippen LogP contribution is 2.29. The Balaban J connectivity index is 2.51. The molecular weight excluding hydrogens is 212 g/mol. The molecule has 2 N–H and O–H groups in total. The fraction of sp³-hybridized carbons (Fsp3) is 0.100. The average molecular weight is 220 g/mol. The number of aliphatic hydroxyl groups excluding tert-OH is 1. The lowest BCUT2D eigenvalue weighted by Crippen LogP contribution is -1.87. The topological polar surface area (TPSA) is 96.5 Å². The van der Waals surface area contributed by atoms with Crippen molar-refractivity contribution in [2.24, 2.45) is 0 Å². The molecule has 16 heavy (non-hydrogen) atoms. The molecule has 82 valence electrons. The maximum absolute atomic E-state index is 10.6. The van der Waals surface area contributed by atoms with Crippen LogP contribution in [0.3, 0.4) is 0 Å². The van der Waals surface area contributed by atoms with E-state index in [4.69, 9.17) is 9.63 Å². The van der Waals surface area contributed by atoms with Crippen LogP contribution in [0.5, 0.6) is 5.75 Å². The van der Waals surface area contributed by atoms with Gasteiger partial charge in [0.2, 0.25) is 0 Å². The van der Waals surface area contributed by atoms with Crippen LogP contribution < -0.4 is 0 Å². The molecule has 0 radical (unpaired) electrons. The first-order valence-electron chi connectivity index (χ1n) is 4.47. The van der Waals surface area contributed by atoms with E-state index in [9.17, 15) is 9.90 Å². The molecule has 0 fully saturated rings. The normalized spacial score (nSPS) is 10.3. The Morgan fingerprint density at radius 3 is 2.88 bits per heavy atom. The lowest BCUT2D eigenvalue weighted by molar-refractivity contribution is 0.112. The molecule has 0 aliphatic heterocycles. The Morgan fingerprint density at radius 2 is 2.25 bits per heavy atom. The Morgan fingerprint density at radius 1 is 1.44 bits per heavy atom. The fourth-order valence-electron chi connectivity index (χ4n) is 1.26. The largest absolute Gasteiger partial charge is 0.506 e. The van der Waals surface area contributed by atoms with E-state index in [1.54, 1.807) is 6.07 Å². The molecular formula is C10H8N2O4. The third-order valence-electron chi connectivity index (χ3n) is 2.03. The minimum absolute atomic E-state index is 0.0604. The second kappa shape index (κ2) is 4.11. The van der Waals surface area contributed by atoms with Gasteiger partial charge in [0.15, 0.2) is 12.1 Å². The Hall–Kier alpha value is -2.21. The second-order valence-corrected chi connectivity index (χ2v) is 3.04. The van der Waals surface area contributed by atoms with Gasteiger partial charge in [-0.15, -0.1) is 0 Å². The molecule has 0 aliphatic carbocycles. The van der Waals surface area contributed by atoms with E-state index < -0.39 is 0 Å². The summed E-state index contributed by atoms with van der Waals surface area (Å²) in [5.41, 5.74) is 0.401. The van der Waals surface area contributed by atoms with E-state index in [0.29, 0.717) is 6.29 Å². The number of hydrogen-bond donors (Lipinski definition) is 2. The first kappa shape index (κ1) is 10.3. The van der Waals surface area contributed by atoms with Crippen molar-refractivity contribution in [2.75, 3.05) is 0 Å². The number of benzene rings is 1. The van der Waals surface area contributed by atoms with Crippen LogP contribution in [0, 0.1) is 0 Å². The number of aliphatic hydroxyl groups is 1. The molecule has 0 atom stereocenters. The van der Waals surface area contributed by atoms with Gasteiger partial charge >= 0.3 is 0 Å². The van der Waals surface area contributed by atoms with Gasteiger partial charge in [0.05, 0.1) is 11.1 Å². The molecule has 6 heteroatoms. The van der Waals surface area contributed by atoms with E-state index >= 15 is 0 Å². The smallest absolute Gasteiger partial charge is 0.261 e. The van der Waals surface area contributed by atoms with Crippen molar-refractivity contribution in [1.82, 2.24) is 10.1 Å². The van der Waals surface area contributed by atoms with Crippen molar-refractivity contribution in [3.05, 3.63) is 29.6 Å². The Kier molecular flexibility index (Phi) is 2.65. The van der Waals surface area contributed by atoms with Crippen molar-refractivity contribution < 1.29 is 19.5 Å². The number of aromatic hydroxyl groups is 1. The van der Waals surface area contributed by atoms with Crippen LogP contribution in [0.2, 0.25) is 0 Å². The molecule has 0 saturated heterocycles. The van der Waals surface area contributed by atoms with Crippen LogP contribution >= 0.6 is 0 Å². The van der Waals surface area contributed by atoms with Gasteiger partial charge in [0.1, 0.15) is 12.4 Å². The molecule has 0 unspecified atom stereocenters. The summed E-state index contributed by atoms with van der Waals surface area (Å²) >= 11 is 0. The maximum Gasteiger partial charge on any atom is 0.261 e. The lowest BCUT2D eigenvalue weighted by Gasteiger charge is -2.00. The van der Waals surface area contributed by atoms with Crippen molar-refractivity contribution in [2.45, 2.75) is 6.61 Å². The molecule has 0 aliphatic rings. The average Bonchev–Trinajstić information content (AvgIpc) is 2.78. The summed E-state index contributed by atoms with van der Waals surface area (Å²) in [7, 11) is 0. The van der Waals surface area contributed by atoms with Crippen molar-refractivity contribution in [1.29, 1.82) is 0 Å². The standard InChI is InChI=1S/C10H8N2O4/c13-4-6-2-1-3-7(9(6)15)10-11-8(5-14)12-16-10/h1-4,14-15H,5H2. The summed E-state index contributed by atoms with van der Waals surface area (Å²) in [5, 5.41) is 21.9. The first-order valence-corrected chi connectivity index (χ1v) is 4.47. The summed E-state index contributed by atoms with van der Waals surface area (Å²) in [6.45, 7) is -0.350. The van der Waals surface area contributed by atoms with Crippen LogP contribution in [-0.2, 0) is 6.61 Å². The summed E-state index contributed by atoms with van der Waals surface area (Å²) in [6.07, 6.45) is 0.530. The number of carbonyl (C=O) groups is 1. The molecule has 0 bridgehead atoms. The SMILES string of the molecule is O=Cc1cccc(-c2nc(CO)no2)c1O. The molecule has 1 aromatic heterocycles. The van der Waals surface area contributed by atoms with Crippen LogP contribution in [0.1, 0.15) is 16.2 Å². The second-order valence-electron chi connectivity index (χ2n) is 3.04. The molecule has 0 spiro atoms. The first-order chi connectivity index (χ1) is 7.76. The summed E-state index contributed by atoms with van der Waals surface area (Å²) in [5.74, 6) is -0.0400.